The maximum Gasteiger partial charge on any atom is 0.240 e. The third-order valence-electron chi connectivity index (χ3n) is 4.24. The second kappa shape index (κ2) is 7.83. The maximum atomic E-state index is 12.4. The van der Waals surface area contributed by atoms with E-state index in [1.807, 2.05) is 35.7 Å². The third kappa shape index (κ3) is 4.64. The number of nitrogens with one attached hydrogen (secondary N) is 2. The van der Waals surface area contributed by atoms with Gasteiger partial charge in [-0.05, 0) is 31.0 Å². The Balaban J connectivity index is 1.41. The van der Waals surface area contributed by atoms with Gasteiger partial charge in [0.1, 0.15) is 5.01 Å². The molecule has 1 aliphatic rings. The number of hydrogen-bond donors (Lipinski definition) is 2. The van der Waals surface area contributed by atoms with Crippen molar-refractivity contribution in [1.29, 1.82) is 0 Å². The van der Waals surface area contributed by atoms with Gasteiger partial charge in [-0.1, -0.05) is 36.4 Å². The summed E-state index contributed by atoms with van der Waals surface area (Å²) in [5, 5.41) is 5.48. The van der Waals surface area contributed by atoms with Crippen molar-refractivity contribution in [2.24, 2.45) is 0 Å². The molecule has 0 aliphatic heterocycles. The standard InChI is InChI=1S/C20H19N3O3S2/c24-19(12-17-13-27-20(22-17)14-5-2-1-3-6-14)21-16-7-4-8-18(11-16)28(25,26)23-15-9-10-15/h1-8,11,13,15,23H,9-10,12H2,(H,21,24). The molecule has 4 rings (SSSR count). The van der Waals surface area contributed by atoms with Gasteiger partial charge in [-0.2, -0.15) is 0 Å². The molecule has 1 saturated carbocycles. The van der Waals surface area contributed by atoms with E-state index in [0.717, 1.165) is 23.4 Å². The van der Waals surface area contributed by atoms with Gasteiger partial charge < -0.3 is 5.32 Å². The van der Waals surface area contributed by atoms with Crippen molar-refractivity contribution in [3.8, 4) is 10.6 Å². The quantitative estimate of drug-likeness (QED) is 0.621. The van der Waals surface area contributed by atoms with Crippen LogP contribution in [0, 0.1) is 0 Å². The minimum absolute atomic E-state index is 0.0340. The van der Waals surface area contributed by atoms with E-state index in [2.05, 4.69) is 15.0 Å². The Kier molecular flexibility index (Phi) is 5.25. The zero-order chi connectivity index (χ0) is 19.6. The minimum Gasteiger partial charge on any atom is -0.326 e. The highest BCUT2D eigenvalue weighted by Crippen LogP contribution is 2.25. The number of hydrogen-bond acceptors (Lipinski definition) is 5. The van der Waals surface area contributed by atoms with Gasteiger partial charge in [-0.25, -0.2) is 18.1 Å². The highest BCUT2D eigenvalue weighted by Gasteiger charge is 2.28. The largest absolute Gasteiger partial charge is 0.326 e. The van der Waals surface area contributed by atoms with Gasteiger partial charge in [0, 0.05) is 22.7 Å². The zero-order valence-electron chi connectivity index (χ0n) is 15.0. The Labute approximate surface area is 167 Å². The fourth-order valence-electron chi connectivity index (χ4n) is 2.70. The van der Waals surface area contributed by atoms with Crippen LogP contribution >= 0.6 is 11.3 Å². The molecule has 0 unspecified atom stereocenters. The maximum absolute atomic E-state index is 12.4. The Morgan fingerprint density at radius 3 is 2.64 bits per heavy atom. The normalized spacial score (nSPS) is 14.0. The summed E-state index contributed by atoms with van der Waals surface area (Å²) in [6, 6.07) is 16.1. The van der Waals surface area contributed by atoms with Gasteiger partial charge in [-0.3, -0.25) is 4.79 Å². The van der Waals surface area contributed by atoms with Crippen molar-refractivity contribution in [3.05, 3.63) is 65.7 Å². The van der Waals surface area contributed by atoms with Crippen LogP contribution in [0.1, 0.15) is 18.5 Å². The lowest BCUT2D eigenvalue weighted by Crippen LogP contribution is -2.25. The second-order valence-corrected chi connectivity index (χ2v) is 9.23. The molecule has 1 fully saturated rings. The predicted molar refractivity (Wildman–Crippen MR) is 110 cm³/mol. The van der Waals surface area contributed by atoms with Gasteiger partial charge in [-0.15, -0.1) is 11.3 Å². The van der Waals surface area contributed by atoms with Crippen molar-refractivity contribution >= 4 is 33.0 Å². The van der Waals surface area contributed by atoms with Gasteiger partial charge in [0.2, 0.25) is 15.9 Å². The van der Waals surface area contributed by atoms with Gasteiger partial charge in [0.25, 0.3) is 0 Å². The van der Waals surface area contributed by atoms with Crippen LogP contribution in [0.4, 0.5) is 5.69 Å². The van der Waals surface area contributed by atoms with E-state index >= 15 is 0 Å². The Hall–Kier alpha value is -2.55. The topological polar surface area (TPSA) is 88.2 Å². The van der Waals surface area contributed by atoms with E-state index in [0.29, 0.717) is 11.4 Å². The van der Waals surface area contributed by atoms with E-state index in [1.54, 1.807) is 12.1 Å². The molecule has 0 bridgehead atoms. The molecule has 3 aromatic rings. The number of benzene rings is 2. The summed E-state index contributed by atoms with van der Waals surface area (Å²) >= 11 is 1.49. The van der Waals surface area contributed by atoms with Crippen molar-refractivity contribution in [2.45, 2.75) is 30.2 Å². The van der Waals surface area contributed by atoms with Crippen molar-refractivity contribution in [2.75, 3.05) is 5.32 Å². The number of anilines is 1. The fourth-order valence-corrected chi connectivity index (χ4v) is 4.88. The van der Waals surface area contributed by atoms with Crippen LogP contribution in [0.3, 0.4) is 0 Å². The molecule has 28 heavy (non-hydrogen) atoms. The average molecular weight is 414 g/mol. The number of sulfonamides is 1. The number of nitrogens with zero attached hydrogens (tertiary/aromatic N) is 1. The van der Waals surface area contributed by atoms with Crippen LogP contribution in [0.5, 0.6) is 0 Å². The summed E-state index contributed by atoms with van der Waals surface area (Å²) in [7, 11) is -3.55. The molecule has 0 radical (unpaired) electrons. The lowest BCUT2D eigenvalue weighted by molar-refractivity contribution is -0.115. The highest BCUT2D eigenvalue weighted by atomic mass is 32.2. The minimum atomic E-state index is -3.55. The smallest absolute Gasteiger partial charge is 0.240 e. The van der Waals surface area contributed by atoms with Crippen LogP contribution in [-0.2, 0) is 21.2 Å². The summed E-state index contributed by atoms with van der Waals surface area (Å²) in [5.74, 6) is -0.241. The van der Waals surface area contributed by atoms with Crippen LogP contribution < -0.4 is 10.0 Å². The summed E-state index contributed by atoms with van der Waals surface area (Å²) in [6.07, 6.45) is 1.86. The van der Waals surface area contributed by atoms with Crippen molar-refractivity contribution < 1.29 is 13.2 Å². The molecule has 2 aromatic carbocycles. The molecular formula is C20H19N3O3S2. The molecule has 2 N–H and O–H groups in total. The van der Waals surface area contributed by atoms with E-state index in [4.69, 9.17) is 0 Å². The number of carbonyl (C=O) groups excluding carboxylic acids is 1. The molecule has 6 nitrogen and oxygen atoms in total. The lowest BCUT2D eigenvalue weighted by Gasteiger charge is -2.08. The van der Waals surface area contributed by atoms with E-state index < -0.39 is 10.0 Å². The third-order valence-corrected chi connectivity index (χ3v) is 6.70. The molecular weight excluding hydrogens is 394 g/mol. The Morgan fingerprint density at radius 1 is 1.11 bits per heavy atom. The van der Waals surface area contributed by atoms with Crippen molar-refractivity contribution in [3.63, 3.8) is 0 Å². The summed E-state index contributed by atoms with van der Waals surface area (Å²) in [5.41, 5.74) is 2.14. The molecule has 0 spiro atoms. The average Bonchev–Trinajstić information content (AvgIpc) is 3.36. The molecule has 8 heteroatoms. The lowest BCUT2D eigenvalue weighted by atomic mass is 10.2. The highest BCUT2D eigenvalue weighted by molar-refractivity contribution is 7.89. The molecule has 1 amide bonds. The molecule has 144 valence electrons. The summed E-state index contributed by atoms with van der Waals surface area (Å²) < 4.78 is 27.3. The van der Waals surface area contributed by atoms with Gasteiger partial charge in [0.05, 0.1) is 17.0 Å². The number of rotatable bonds is 7. The Bertz CT molecular complexity index is 1090. The molecule has 1 aliphatic carbocycles. The van der Waals surface area contributed by atoms with E-state index in [-0.39, 0.29) is 23.3 Å². The first kappa shape index (κ1) is 18.8. The Morgan fingerprint density at radius 2 is 1.89 bits per heavy atom. The molecule has 0 atom stereocenters. The fraction of sp³-hybridized carbons (Fsp3) is 0.200. The predicted octanol–water partition coefficient (Wildman–Crippen LogP) is 3.43. The molecule has 1 heterocycles. The van der Waals surface area contributed by atoms with E-state index in [9.17, 15) is 13.2 Å². The van der Waals surface area contributed by atoms with Crippen LogP contribution in [0.25, 0.3) is 10.6 Å². The monoisotopic (exact) mass is 413 g/mol. The van der Waals surface area contributed by atoms with E-state index in [1.165, 1.54) is 23.5 Å². The SMILES string of the molecule is O=C(Cc1csc(-c2ccccc2)n1)Nc1cccc(S(=O)(=O)NC2CC2)c1. The first-order valence-corrected chi connectivity index (χ1v) is 11.3. The number of carbonyl (C=O) groups is 1. The number of aromatic nitrogens is 1. The van der Waals surface area contributed by atoms with Gasteiger partial charge >= 0.3 is 0 Å². The zero-order valence-corrected chi connectivity index (χ0v) is 16.6. The first-order valence-electron chi connectivity index (χ1n) is 8.92. The summed E-state index contributed by atoms with van der Waals surface area (Å²) in [4.78, 5) is 17.0. The number of amides is 1. The summed E-state index contributed by atoms with van der Waals surface area (Å²) in [6.45, 7) is 0. The van der Waals surface area contributed by atoms with Crippen LogP contribution in [0.15, 0.2) is 64.9 Å². The van der Waals surface area contributed by atoms with Crippen LogP contribution in [-0.4, -0.2) is 25.4 Å². The van der Waals surface area contributed by atoms with Crippen molar-refractivity contribution in [1.82, 2.24) is 9.71 Å². The number of thiazole rings is 1. The first-order chi connectivity index (χ1) is 13.5. The van der Waals surface area contributed by atoms with Gasteiger partial charge in [0.15, 0.2) is 0 Å². The molecule has 1 aromatic heterocycles. The molecule has 0 saturated heterocycles. The van der Waals surface area contributed by atoms with Crippen LogP contribution in [0.2, 0.25) is 0 Å². The second-order valence-electron chi connectivity index (χ2n) is 6.66.